The molecular formula is C21H24ClNO10. The largest absolute Gasteiger partial charge is 0.463 e. The Kier molecular flexibility index (Phi) is 9.18. The fraction of sp³-hybridized carbons (Fsp3) is 0.476. The molecular weight excluding hydrogens is 462 g/mol. The van der Waals surface area contributed by atoms with Crippen molar-refractivity contribution in [3.63, 3.8) is 0 Å². The van der Waals surface area contributed by atoms with Crippen LogP contribution in [-0.2, 0) is 42.9 Å². The van der Waals surface area contributed by atoms with Crippen molar-refractivity contribution >= 4 is 41.4 Å². The zero-order valence-corrected chi connectivity index (χ0v) is 19.1. The molecule has 0 unspecified atom stereocenters. The second-order valence-corrected chi connectivity index (χ2v) is 7.49. The number of esters is 4. The van der Waals surface area contributed by atoms with Crippen molar-refractivity contribution in [3.8, 4) is 0 Å². The van der Waals surface area contributed by atoms with Crippen molar-refractivity contribution in [2.75, 3.05) is 6.61 Å². The van der Waals surface area contributed by atoms with Gasteiger partial charge in [-0.25, -0.2) is 0 Å². The fourth-order valence-corrected chi connectivity index (χ4v) is 3.42. The highest BCUT2D eigenvalue weighted by molar-refractivity contribution is 6.33. The van der Waals surface area contributed by atoms with Crippen LogP contribution in [0.1, 0.15) is 38.1 Å². The minimum Gasteiger partial charge on any atom is -0.463 e. The third-order valence-corrected chi connectivity index (χ3v) is 4.73. The molecule has 0 bridgehead atoms. The van der Waals surface area contributed by atoms with Gasteiger partial charge in [-0.15, -0.1) is 0 Å². The second-order valence-electron chi connectivity index (χ2n) is 7.08. The van der Waals surface area contributed by atoms with Gasteiger partial charge in [-0.05, 0) is 12.1 Å². The summed E-state index contributed by atoms with van der Waals surface area (Å²) in [5, 5.41) is 2.72. The van der Waals surface area contributed by atoms with Gasteiger partial charge in [0.1, 0.15) is 18.8 Å². The average molecular weight is 486 g/mol. The van der Waals surface area contributed by atoms with Crippen LogP contribution >= 0.6 is 11.6 Å². The number of nitrogens with one attached hydrogen (secondary N) is 1. The van der Waals surface area contributed by atoms with Gasteiger partial charge in [-0.1, -0.05) is 23.7 Å². The number of benzene rings is 1. The molecule has 2 rings (SSSR count). The number of amides is 1. The third kappa shape index (κ3) is 7.43. The first-order valence-electron chi connectivity index (χ1n) is 9.85. The summed E-state index contributed by atoms with van der Waals surface area (Å²) in [6.45, 7) is 4.08. The lowest BCUT2D eigenvalue weighted by atomic mass is 9.95. The van der Waals surface area contributed by atoms with E-state index in [0.717, 1.165) is 27.7 Å². The van der Waals surface area contributed by atoms with Crippen molar-refractivity contribution in [1.82, 2.24) is 5.32 Å². The number of hydrogen-bond acceptors (Lipinski definition) is 10. The van der Waals surface area contributed by atoms with Crippen LogP contribution in [0.2, 0.25) is 5.02 Å². The molecule has 1 heterocycles. The van der Waals surface area contributed by atoms with E-state index in [1.807, 2.05) is 0 Å². The number of ether oxygens (including phenoxy) is 5. The van der Waals surface area contributed by atoms with Crippen LogP contribution in [0.15, 0.2) is 24.3 Å². The van der Waals surface area contributed by atoms with Crippen LogP contribution in [-0.4, -0.2) is 67.0 Å². The van der Waals surface area contributed by atoms with E-state index in [2.05, 4.69) is 5.32 Å². The Morgan fingerprint density at radius 1 is 0.879 bits per heavy atom. The van der Waals surface area contributed by atoms with E-state index in [0.29, 0.717) is 0 Å². The summed E-state index contributed by atoms with van der Waals surface area (Å²) in [6.07, 6.45) is -5.34. The minimum absolute atomic E-state index is 0.0911. The summed E-state index contributed by atoms with van der Waals surface area (Å²) in [5.41, 5.74) is 0.0911. The molecule has 1 fully saturated rings. The molecule has 180 valence electrons. The van der Waals surface area contributed by atoms with E-state index in [1.54, 1.807) is 12.1 Å². The van der Waals surface area contributed by atoms with Crippen LogP contribution in [0.3, 0.4) is 0 Å². The van der Waals surface area contributed by atoms with Crippen LogP contribution in [0.5, 0.6) is 0 Å². The van der Waals surface area contributed by atoms with Gasteiger partial charge >= 0.3 is 23.9 Å². The van der Waals surface area contributed by atoms with Crippen molar-refractivity contribution in [2.24, 2.45) is 0 Å². The van der Waals surface area contributed by atoms with E-state index >= 15 is 0 Å². The summed E-state index contributed by atoms with van der Waals surface area (Å²) >= 11 is 6.09. The van der Waals surface area contributed by atoms with Crippen molar-refractivity contribution in [1.29, 1.82) is 0 Å². The zero-order chi connectivity index (χ0) is 24.7. The number of halogens is 1. The van der Waals surface area contributed by atoms with Crippen LogP contribution in [0.25, 0.3) is 0 Å². The molecule has 1 aromatic rings. The lowest BCUT2D eigenvalue weighted by Gasteiger charge is -2.44. The smallest absolute Gasteiger partial charge is 0.305 e. The van der Waals surface area contributed by atoms with Crippen LogP contribution < -0.4 is 5.32 Å². The van der Waals surface area contributed by atoms with E-state index in [9.17, 15) is 24.0 Å². The summed E-state index contributed by atoms with van der Waals surface area (Å²) in [6, 6.07) is 4.86. The SMILES string of the molecule is CC(=O)OC[C@@H]1O[C@@H](OC(C)=O)[C@@H](NC(=O)c2ccccc2Cl)[C@@H](OC(C)=O)[C@H]1OC(C)=O. The van der Waals surface area contributed by atoms with E-state index < -0.39 is 67.0 Å². The molecule has 12 heteroatoms. The number of carbonyl (C=O) groups is 5. The Morgan fingerprint density at radius 2 is 1.45 bits per heavy atom. The predicted molar refractivity (Wildman–Crippen MR) is 111 cm³/mol. The Balaban J connectivity index is 2.47. The topological polar surface area (TPSA) is 144 Å². The molecule has 1 N–H and O–H groups in total. The lowest BCUT2D eigenvalue weighted by molar-refractivity contribution is -0.270. The summed E-state index contributed by atoms with van der Waals surface area (Å²) in [5.74, 6) is -3.64. The number of carbonyl (C=O) groups excluding carboxylic acids is 5. The van der Waals surface area contributed by atoms with Crippen LogP contribution in [0.4, 0.5) is 0 Å². The second kappa shape index (κ2) is 11.6. The molecule has 0 spiro atoms. The molecule has 0 aliphatic carbocycles. The monoisotopic (exact) mass is 485 g/mol. The molecule has 1 aromatic carbocycles. The summed E-state index contributed by atoms with van der Waals surface area (Å²) in [7, 11) is 0. The van der Waals surface area contributed by atoms with E-state index in [1.165, 1.54) is 12.1 Å². The van der Waals surface area contributed by atoms with Gasteiger partial charge in [0, 0.05) is 27.7 Å². The van der Waals surface area contributed by atoms with Crippen molar-refractivity contribution < 1.29 is 47.7 Å². The fourth-order valence-electron chi connectivity index (χ4n) is 3.19. The van der Waals surface area contributed by atoms with Crippen LogP contribution in [0, 0.1) is 0 Å². The van der Waals surface area contributed by atoms with Gasteiger partial charge in [-0.2, -0.15) is 0 Å². The highest BCUT2D eigenvalue weighted by atomic mass is 35.5. The lowest BCUT2D eigenvalue weighted by Crippen LogP contribution is -2.67. The number of rotatable bonds is 7. The summed E-state index contributed by atoms with van der Waals surface area (Å²) < 4.78 is 26.5. The normalized spacial score (nSPS) is 24.2. The highest BCUT2D eigenvalue weighted by Crippen LogP contribution is 2.28. The predicted octanol–water partition coefficient (Wildman–Crippen LogP) is 1.15. The van der Waals surface area contributed by atoms with E-state index in [4.69, 9.17) is 35.3 Å². The molecule has 5 atom stereocenters. The quantitative estimate of drug-likeness (QED) is 0.441. The van der Waals surface area contributed by atoms with Crippen molar-refractivity contribution in [2.45, 2.75) is 58.3 Å². The molecule has 0 aromatic heterocycles. The average Bonchev–Trinajstić information content (AvgIpc) is 2.70. The third-order valence-electron chi connectivity index (χ3n) is 4.40. The molecule has 1 saturated heterocycles. The van der Waals surface area contributed by atoms with Gasteiger partial charge in [0.05, 0.1) is 10.6 Å². The molecule has 1 amide bonds. The standard InChI is InChI=1S/C21H24ClNO10/c1-10(24)29-9-16-18(30-11(2)25)19(31-12(3)26)17(21(33-16)32-13(4)27)23-20(28)14-7-5-6-8-15(14)22/h5-8,16-19,21H,9H2,1-4H3,(H,23,28)/t16-,17-,18-,19+,21+/m0/s1. The molecule has 33 heavy (non-hydrogen) atoms. The van der Waals surface area contributed by atoms with Crippen molar-refractivity contribution in [3.05, 3.63) is 34.9 Å². The first kappa shape index (κ1) is 26.1. The molecule has 1 aliphatic heterocycles. The minimum atomic E-state index is -1.48. The molecule has 11 nitrogen and oxygen atoms in total. The van der Waals surface area contributed by atoms with E-state index in [-0.39, 0.29) is 10.6 Å². The Hall–Kier alpha value is -3.18. The maximum atomic E-state index is 12.9. The first-order valence-corrected chi connectivity index (χ1v) is 10.2. The molecule has 1 aliphatic rings. The first-order chi connectivity index (χ1) is 15.5. The molecule has 0 saturated carbocycles. The van der Waals surface area contributed by atoms with Gasteiger partial charge in [-0.3, -0.25) is 24.0 Å². The van der Waals surface area contributed by atoms with Gasteiger partial charge in [0.2, 0.25) is 6.29 Å². The number of hydrogen-bond donors (Lipinski definition) is 1. The maximum Gasteiger partial charge on any atom is 0.305 e. The molecule has 0 radical (unpaired) electrons. The Bertz CT molecular complexity index is 920. The zero-order valence-electron chi connectivity index (χ0n) is 18.4. The summed E-state index contributed by atoms with van der Waals surface area (Å²) in [4.78, 5) is 59.6. The Labute approximate surface area is 194 Å². The maximum absolute atomic E-state index is 12.9. The Morgan fingerprint density at radius 3 is 2.00 bits per heavy atom. The van der Waals surface area contributed by atoms with Gasteiger partial charge in [0.25, 0.3) is 5.91 Å². The van der Waals surface area contributed by atoms with Gasteiger partial charge < -0.3 is 29.0 Å². The van der Waals surface area contributed by atoms with Gasteiger partial charge in [0.15, 0.2) is 12.2 Å². The highest BCUT2D eigenvalue weighted by Gasteiger charge is 2.52.